The van der Waals surface area contributed by atoms with E-state index in [-0.39, 0.29) is 0 Å². The van der Waals surface area contributed by atoms with Crippen LogP contribution in [0, 0.1) is 0 Å². The molecule has 21 heavy (non-hydrogen) atoms. The van der Waals surface area contributed by atoms with Gasteiger partial charge in [-0.15, -0.1) is 0 Å². The van der Waals surface area contributed by atoms with E-state index in [1.807, 2.05) is 36.9 Å². The van der Waals surface area contributed by atoms with Crippen LogP contribution in [-0.2, 0) is 6.54 Å². The molecule has 1 heterocycles. The molecule has 0 amide bonds. The SMILES string of the molecule is CCOc1cc(CN=C(N)N2CCSCC2)ccc1OC. The van der Waals surface area contributed by atoms with Crippen LogP contribution in [0.4, 0.5) is 0 Å². The van der Waals surface area contributed by atoms with Crippen molar-refractivity contribution >= 4 is 17.7 Å². The number of ether oxygens (including phenoxy) is 2. The van der Waals surface area contributed by atoms with Crippen LogP contribution in [0.15, 0.2) is 23.2 Å². The zero-order valence-corrected chi connectivity index (χ0v) is 13.5. The summed E-state index contributed by atoms with van der Waals surface area (Å²) >= 11 is 1.96. The number of nitrogens with zero attached hydrogens (tertiary/aromatic N) is 2. The Morgan fingerprint density at radius 2 is 2.10 bits per heavy atom. The molecule has 0 unspecified atom stereocenters. The Kier molecular flexibility index (Phi) is 6.04. The topological polar surface area (TPSA) is 60.1 Å². The second-order valence-electron chi connectivity index (χ2n) is 4.69. The highest BCUT2D eigenvalue weighted by Gasteiger charge is 2.12. The molecule has 0 bridgehead atoms. The second kappa shape index (κ2) is 8.02. The van der Waals surface area contributed by atoms with Gasteiger partial charge in [-0.3, -0.25) is 0 Å². The first-order chi connectivity index (χ1) is 10.2. The molecule has 116 valence electrons. The number of hydrogen-bond donors (Lipinski definition) is 1. The van der Waals surface area contributed by atoms with E-state index in [1.165, 1.54) is 0 Å². The molecule has 0 spiro atoms. The molecule has 1 saturated heterocycles. The van der Waals surface area contributed by atoms with Gasteiger partial charge in [0.1, 0.15) is 0 Å². The maximum atomic E-state index is 6.06. The molecule has 1 aromatic rings. The molecule has 0 aliphatic carbocycles. The number of guanidine groups is 1. The Hall–Kier alpha value is -1.56. The third-order valence-electron chi connectivity index (χ3n) is 3.29. The normalized spacial score (nSPS) is 15.9. The Balaban J connectivity index is 2.03. The lowest BCUT2D eigenvalue weighted by atomic mass is 10.2. The summed E-state index contributed by atoms with van der Waals surface area (Å²) in [5.74, 6) is 4.36. The van der Waals surface area contributed by atoms with Crippen LogP contribution in [0.5, 0.6) is 11.5 Å². The van der Waals surface area contributed by atoms with Crippen LogP contribution in [0.25, 0.3) is 0 Å². The Labute approximate surface area is 130 Å². The molecular formula is C15H23N3O2S. The van der Waals surface area contributed by atoms with E-state index in [2.05, 4.69) is 9.89 Å². The van der Waals surface area contributed by atoms with E-state index in [9.17, 15) is 0 Å². The van der Waals surface area contributed by atoms with Gasteiger partial charge in [0.25, 0.3) is 0 Å². The Morgan fingerprint density at radius 3 is 2.76 bits per heavy atom. The van der Waals surface area contributed by atoms with Crippen molar-refractivity contribution in [3.63, 3.8) is 0 Å². The number of hydrogen-bond acceptors (Lipinski definition) is 4. The van der Waals surface area contributed by atoms with Crippen LogP contribution in [-0.4, -0.2) is 49.2 Å². The minimum absolute atomic E-state index is 0.555. The van der Waals surface area contributed by atoms with E-state index >= 15 is 0 Å². The largest absolute Gasteiger partial charge is 0.493 e. The van der Waals surface area contributed by atoms with Crippen molar-refractivity contribution in [1.82, 2.24) is 4.90 Å². The van der Waals surface area contributed by atoms with Gasteiger partial charge in [0.05, 0.1) is 20.3 Å². The number of nitrogens with two attached hydrogens (primary N) is 1. The van der Waals surface area contributed by atoms with Crippen molar-refractivity contribution in [1.29, 1.82) is 0 Å². The zero-order valence-electron chi connectivity index (χ0n) is 12.7. The Morgan fingerprint density at radius 1 is 1.33 bits per heavy atom. The van der Waals surface area contributed by atoms with Gasteiger partial charge < -0.3 is 20.1 Å². The van der Waals surface area contributed by atoms with E-state index in [4.69, 9.17) is 15.2 Å². The molecule has 0 atom stereocenters. The fourth-order valence-electron chi connectivity index (χ4n) is 2.15. The van der Waals surface area contributed by atoms with E-state index in [0.29, 0.717) is 19.1 Å². The molecule has 0 saturated carbocycles. The minimum atomic E-state index is 0.555. The Bertz CT molecular complexity index is 488. The molecule has 2 N–H and O–H groups in total. The molecule has 1 aliphatic rings. The predicted octanol–water partition coefficient (Wildman–Crippen LogP) is 1.96. The predicted molar refractivity (Wildman–Crippen MR) is 88.4 cm³/mol. The van der Waals surface area contributed by atoms with Crippen LogP contribution in [0.2, 0.25) is 0 Å². The van der Waals surface area contributed by atoms with Crippen molar-refractivity contribution in [2.45, 2.75) is 13.5 Å². The number of rotatable bonds is 5. The van der Waals surface area contributed by atoms with Crippen molar-refractivity contribution < 1.29 is 9.47 Å². The lowest BCUT2D eigenvalue weighted by Crippen LogP contribution is -2.42. The van der Waals surface area contributed by atoms with E-state index < -0.39 is 0 Å². The van der Waals surface area contributed by atoms with Gasteiger partial charge in [0.2, 0.25) is 0 Å². The maximum absolute atomic E-state index is 6.06. The molecule has 1 fully saturated rings. The van der Waals surface area contributed by atoms with Crippen LogP contribution >= 0.6 is 11.8 Å². The highest BCUT2D eigenvalue weighted by molar-refractivity contribution is 7.99. The van der Waals surface area contributed by atoms with Gasteiger partial charge >= 0.3 is 0 Å². The first kappa shape index (κ1) is 15.8. The standard InChI is InChI=1S/C15H23N3O2S/c1-3-20-14-10-12(4-5-13(14)19-2)11-17-15(16)18-6-8-21-9-7-18/h4-5,10H,3,6-9,11H2,1-2H3,(H2,16,17). The summed E-state index contributed by atoms with van der Waals surface area (Å²) in [7, 11) is 1.64. The molecule has 1 aromatic carbocycles. The third kappa shape index (κ3) is 4.46. The first-order valence-electron chi connectivity index (χ1n) is 7.17. The third-order valence-corrected chi connectivity index (χ3v) is 4.23. The summed E-state index contributed by atoms with van der Waals surface area (Å²) in [4.78, 5) is 6.63. The summed E-state index contributed by atoms with van der Waals surface area (Å²) < 4.78 is 10.9. The van der Waals surface area contributed by atoms with Crippen LogP contribution in [0.1, 0.15) is 12.5 Å². The second-order valence-corrected chi connectivity index (χ2v) is 5.92. The smallest absolute Gasteiger partial charge is 0.191 e. The van der Waals surface area contributed by atoms with Gasteiger partial charge in [0.15, 0.2) is 17.5 Å². The zero-order chi connectivity index (χ0) is 15.1. The van der Waals surface area contributed by atoms with E-state index in [1.54, 1.807) is 7.11 Å². The molecular weight excluding hydrogens is 286 g/mol. The van der Waals surface area contributed by atoms with E-state index in [0.717, 1.165) is 41.7 Å². The highest BCUT2D eigenvalue weighted by Crippen LogP contribution is 2.28. The maximum Gasteiger partial charge on any atom is 0.191 e. The van der Waals surface area contributed by atoms with Gasteiger partial charge in [-0.05, 0) is 24.6 Å². The fraction of sp³-hybridized carbons (Fsp3) is 0.533. The van der Waals surface area contributed by atoms with Crippen molar-refractivity contribution in [3.05, 3.63) is 23.8 Å². The fourth-order valence-corrected chi connectivity index (χ4v) is 3.06. The number of benzene rings is 1. The molecule has 0 aromatic heterocycles. The lowest BCUT2D eigenvalue weighted by molar-refractivity contribution is 0.310. The molecule has 5 nitrogen and oxygen atoms in total. The average Bonchev–Trinajstić information content (AvgIpc) is 2.54. The van der Waals surface area contributed by atoms with Gasteiger partial charge in [-0.1, -0.05) is 6.07 Å². The summed E-state index contributed by atoms with van der Waals surface area (Å²) in [5.41, 5.74) is 7.12. The van der Waals surface area contributed by atoms with Gasteiger partial charge in [-0.2, -0.15) is 11.8 Å². The average molecular weight is 309 g/mol. The molecule has 1 aliphatic heterocycles. The number of thioether (sulfide) groups is 1. The highest BCUT2D eigenvalue weighted by atomic mass is 32.2. The lowest BCUT2D eigenvalue weighted by Gasteiger charge is -2.27. The summed E-state index contributed by atoms with van der Waals surface area (Å²) in [6.45, 7) is 5.08. The monoisotopic (exact) mass is 309 g/mol. The van der Waals surface area contributed by atoms with Gasteiger partial charge in [0, 0.05) is 24.6 Å². The first-order valence-corrected chi connectivity index (χ1v) is 8.32. The molecule has 2 rings (SSSR count). The number of methoxy groups -OCH3 is 1. The van der Waals surface area contributed by atoms with Crippen molar-refractivity contribution in [2.75, 3.05) is 38.3 Å². The number of aliphatic imine (C=N–C) groups is 1. The summed E-state index contributed by atoms with van der Waals surface area (Å²) in [6, 6.07) is 5.86. The molecule has 6 heteroatoms. The quantitative estimate of drug-likeness (QED) is 0.665. The minimum Gasteiger partial charge on any atom is -0.493 e. The summed E-state index contributed by atoms with van der Waals surface area (Å²) in [5, 5.41) is 0. The van der Waals surface area contributed by atoms with Crippen LogP contribution < -0.4 is 15.2 Å². The summed E-state index contributed by atoms with van der Waals surface area (Å²) in [6.07, 6.45) is 0. The van der Waals surface area contributed by atoms with Crippen LogP contribution in [0.3, 0.4) is 0 Å². The molecule has 0 radical (unpaired) electrons. The van der Waals surface area contributed by atoms with Crippen molar-refractivity contribution in [2.24, 2.45) is 10.7 Å². The van der Waals surface area contributed by atoms with Gasteiger partial charge in [-0.25, -0.2) is 4.99 Å². The van der Waals surface area contributed by atoms with Crippen molar-refractivity contribution in [3.8, 4) is 11.5 Å².